The van der Waals surface area contributed by atoms with Crippen LogP contribution >= 0.6 is 15.9 Å². The van der Waals surface area contributed by atoms with Crippen LogP contribution in [0.15, 0.2) is 29.0 Å². The Labute approximate surface area is 118 Å². The van der Waals surface area contributed by atoms with Gasteiger partial charge in [0, 0.05) is 6.42 Å². The summed E-state index contributed by atoms with van der Waals surface area (Å²) in [5.74, 6) is 1.03. The van der Waals surface area contributed by atoms with Gasteiger partial charge in [0.15, 0.2) is 0 Å². The second-order valence-corrected chi connectivity index (χ2v) is 4.71. The molecule has 0 bridgehead atoms. The topological polar surface area (TPSA) is 79.9 Å². The maximum Gasteiger partial charge on any atom is 0.227 e. The SMILES string of the molecule is COc1ccc(CCC(=O)Nc2ncn[nH]2)cc1Br. The van der Waals surface area contributed by atoms with Crippen LogP contribution in [-0.4, -0.2) is 28.2 Å². The first kappa shape index (κ1) is 13.5. The molecule has 0 saturated heterocycles. The van der Waals surface area contributed by atoms with Crippen molar-refractivity contribution >= 4 is 27.8 Å². The monoisotopic (exact) mass is 324 g/mol. The molecule has 6 nitrogen and oxygen atoms in total. The lowest BCUT2D eigenvalue weighted by atomic mass is 10.1. The van der Waals surface area contributed by atoms with Crippen molar-refractivity contribution in [3.63, 3.8) is 0 Å². The van der Waals surface area contributed by atoms with E-state index in [0.29, 0.717) is 18.8 Å². The quantitative estimate of drug-likeness (QED) is 0.883. The molecule has 0 fully saturated rings. The van der Waals surface area contributed by atoms with E-state index < -0.39 is 0 Å². The van der Waals surface area contributed by atoms with Crippen molar-refractivity contribution in [2.24, 2.45) is 0 Å². The number of aromatic amines is 1. The highest BCUT2D eigenvalue weighted by Crippen LogP contribution is 2.25. The fourth-order valence-electron chi connectivity index (χ4n) is 1.58. The van der Waals surface area contributed by atoms with Crippen LogP contribution in [-0.2, 0) is 11.2 Å². The van der Waals surface area contributed by atoms with Crippen LogP contribution in [0, 0.1) is 0 Å². The maximum absolute atomic E-state index is 11.7. The average Bonchev–Trinajstić information content (AvgIpc) is 2.89. The van der Waals surface area contributed by atoms with Crippen molar-refractivity contribution < 1.29 is 9.53 Å². The Morgan fingerprint density at radius 3 is 3.00 bits per heavy atom. The zero-order valence-electron chi connectivity index (χ0n) is 10.3. The number of carbonyl (C=O) groups excluding carboxylic acids is 1. The Morgan fingerprint density at radius 1 is 1.53 bits per heavy atom. The molecule has 1 amide bonds. The smallest absolute Gasteiger partial charge is 0.227 e. The minimum atomic E-state index is -0.108. The number of ether oxygens (including phenoxy) is 1. The zero-order valence-corrected chi connectivity index (χ0v) is 11.9. The Bertz CT molecular complexity index is 557. The van der Waals surface area contributed by atoms with E-state index in [0.717, 1.165) is 15.8 Å². The van der Waals surface area contributed by atoms with E-state index in [-0.39, 0.29) is 5.91 Å². The molecule has 7 heteroatoms. The van der Waals surface area contributed by atoms with Crippen LogP contribution in [0.4, 0.5) is 5.95 Å². The number of methoxy groups -OCH3 is 1. The Balaban J connectivity index is 1.88. The number of H-pyrrole nitrogens is 1. The number of hydrogen-bond acceptors (Lipinski definition) is 4. The number of aryl methyl sites for hydroxylation is 1. The van der Waals surface area contributed by atoms with E-state index in [4.69, 9.17) is 4.74 Å². The molecule has 0 radical (unpaired) electrons. The van der Waals surface area contributed by atoms with Gasteiger partial charge in [0.2, 0.25) is 11.9 Å². The van der Waals surface area contributed by atoms with Gasteiger partial charge < -0.3 is 4.74 Å². The van der Waals surface area contributed by atoms with Gasteiger partial charge in [-0.3, -0.25) is 10.1 Å². The summed E-state index contributed by atoms with van der Waals surface area (Å²) in [5, 5.41) is 8.85. The number of nitrogens with zero attached hydrogens (tertiary/aromatic N) is 2. The van der Waals surface area contributed by atoms with Crippen molar-refractivity contribution in [3.8, 4) is 5.75 Å². The highest BCUT2D eigenvalue weighted by molar-refractivity contribution is 9.10. The van der Waals surface area contributed by atoms with Gasteiger partial charge in [-0.2, -0.15) is 10.1 Å². The molecule has 1 heterocycles. The minimum Gasteiger partial charge on any atom is -0.496 e. The predicted octanol–water partition coefficient (Wildman–Crippen LogP) is 2.15. The molecule has 1 aromatic heterocycles. The molecule has 0 saturated carbocycles. The molecule has 100 valence electrons. The molecule has 2 N–H and O–H groups in total. The summed E-state index contributed by atoms with van der Waals surface area (Å²) in [4.78, 5) is 15.5. The van der Waals surface area contributed by atoms with E-state index in [2.05, 4.69) is 36.4 Å². The van der Waals surface area contributed by atoms with Gasteiger partial charge in [-0.15, -0.1) is 0 Å². The zero-order chi connectivity index (χ0) is 13.7. The van der Waals surface area contributed by atoms with Crippen LogP contribution in [0.2, 0.25) is 0 Å². The summed E-state index contributed by atoms with van der Waals surface area (Å²) >= 11 is 3.41. The molecule has 0 aliphatic carbocycles. The van der Waals surface area contributed by atoms with Crippen LogP contribution < -0.4 is 10.1 Å². The Hall–Kier alpha value is -1.89. The van der Waals surface area contributed by atoms with Crippen molar-refractivity contribution in [1.82, 2.24) is 15.2 Å². The van der Waals surface area contributed by atoms with Gasteiger partial charge in [-0.1, -0.05) is 6.07 Å². The van der Waals surface area contributed by atoms with E-state index in [1.165, 1.54) is 6.33 Å². The van der Waals surface area contributed by atoms with Gasteiger partial charge >= 0.3 is 0 Å². The summed E-state index contributed by atoms with van der Waals surface area (Å²) in [6, 6.07) is 5.75. The van der Waals surface area contributed by atoms with E-state index in [1.54, 1.807) is 7.11 Å². The second-order valence-electron chi connectivity index (χ2n) is 3.85. The molecular formula is C12H13BrN4O2. The fraction of sp³-hybridized carbons (Fsp3) is 0.250. The van der Waals surface area contributed by atoms with Crippen LogP contribution in [0.1, 0.15) is 12.0 Å². The number of anilines is 1. The van der Waals surface area contributed by atoms with Gasteiger partial charge in [-0.25, -0.2) is 5.10 Å². The first-order valence-corrected chi connectivity index (χ1v) is 6.46. The van der Waals surface area contributed by atoms with Crippen molar-refractivity contribution in [1.29, 1.82) is 0 Å². The Morgan fingerprint density at radius 2 is 2.37 bits per heavy atom. The summed E-state index contributed by atoms with van der Waals surface area (Å²) in [6.45, 7) is 0. The van der Waals surface area contributed by atoms with Gasteiger partial charge in [0.05, 0.1) is 11.6 Å². The maximum atomic E-state index is 11.7. The molecule has 2 aromatic rings. The first-order valence-electron chi connectivity index (χ1n) is 5.66. The molecule has 2 rings (SSSR count). The summed E-state index contributed by atoms with van der Waals surface area (Å²) in [7, 11) is 1.62. The number of rotatable bonds is 5. The highest BCUT2D eigenvalue weighted by atomic mass is 79.9. The third kappa shape index (κ3) is 3.78. The summed E-state index contributed by atoms with van der Waals surface area (Å²) in [6.07, 6.45) is 2.36. The average molecular weight is 325 g/mol. The van der Waals surface area contributed by atoms with Gasteiger partial charge in [0.25, 0.3) is 0 Å². The number of nitrogens with one attached hydrogen (secondary N) is 2. The standard InChI is InChI=1S/C12H13BrN4O2/c1-19-10-4-2-8(6-9(10)13)3-5-11(18)16-12-14-7-15-17-12/h2,4,6-7H,3,5H2,1H3,(H2,14,15,16,17,18). The summed E-state index contributed by atoms with van der Waals surface area (Å²) in [5.41, 5.74) is 1.06. The molecular weight excluding hydrogens is 312 g/mol. The minimum absolute atomic E-state index is 0.108. The van der Waals surface area contributed by atoms with Crippen LogP contribution in [0.25, 0.3) is 0 Å². The molecule has 0 unspecified atom stereocenters. The largest absolute Gasteiger partial charge is 0.496 e. The lowest BCUT2D eigenvalue weighted by Crippen LogP contribution is -2.13. The number of aromatic nitrogens is 3. The molecule has 1 aromatic carbocycles. The third-order valence-electron chi connectivity index (χ3n) is 2.53. The highest BCUT2D eigenvalue weighted by Gasteiger charge is 2.06. The predicted molar refractivity (Wildman–Crippen MR) is 74.0 cm³/mol. The third-order valence-corrected chi connectivity index (χ3v) is 3.15. The molecule has 19 heavy (non-hydrogen) atoms. The lowest BCUT2D eigenvalue weighted by molar-refractivity contribution is -0.116. The van der Waals surface area contributed by atoms with Gasteiger partial charge in [-0.05, 0) is 40.0 Å². The van der Waals surface area contributed by atoms with Crippen molar-refractivity contribution in [3.05, 3.63) is 34.6 Å². The molecule has 0 aliphatic rings. The Kier molecular flexibility index (Phi) is 4.51. The number of amides is 1. The summed E-state index contributed by atoms with van der Waals surface area (Å²) < 4.78 is 6.03. The fourth-order valence-corrected chi connectivity index (χ4v) is 2.17. The van der Waals surface area contributed by atoms with Gasteiger partial charge in [0.1, 0.15) is 12.1 Å². The van der Waals surface area contributed by atoms with Crippen LogP contribution in [0.5, 0.6) is 5.75 Å². The van der Waals surface area contributed by atoms with E-state index in [1.807, 2.05) is 18.2 Å². The molecule has 0 atom stereocenters. The van der Waals surface area contributed by atoms with E-state index >= 15 is 0 Å². The number of carbonyl (C=O) groups is 1. The first-order chi connectivity index (χ1) is 9.19. The second kappa shape index (κ2) is 6.33. The number of hydrogen-bond donors (Lipinski definition) is 2. The van der Waals surface area contributed by atoms with E-state index in [9.17, 15) is 4.79 Å². The van der Waals surface area contributed by atoms with Crippen LogP contribution in [0.3, 0.4) is 0 Å². The van der Waals surface area contributed by atoms with Crippen molar-refractivity contribution in [2.45, 2.75) is 12.8 Å². The number of halogens is 1. The number of benzene rings is 1. The molecule has 0 spiro atoms. The van der Waals surface area contributed by atoms with Crippen molar-refractivity contribution in [2.75, 3.05) is 12.4 Å². The molecule has 0 aliphatic heterocycles. The lowest BCUT2D eigenvalue weighted by Gasteiger charge is -2.06. The normalized spacial score (nSPS) is 10.2.